The molecule has 2 heterocycles. The van der Waals surface area contributed by atoms with Gasteiger partial charge < -0.3 is 20.5 Å². The minimum absolute atomic E-state index is 0.0410. The number of rotatable bonds is 6. The van der Waals surface area contributed by atoms with Crippen molar-refractivity contribution < 1.29 is 46.1 Å². The number of aliphatic carboxylic acids is 2. The van der Waals surface area contributed by atoms with E-state index >= 15 is 0 Å². The van der Waals surface area contributed by atoms with Crippen molar-refractivity contribution in [3.63, 3.8) is 0 Å². The van der Waals surface area contributed by atoms with Crippen molar-refractivity contribution in [3.05, 3.63) is 75.7 Å². The zero-order chi connectivity index (χ0) is 30.8. The third-order valence-corrected chi connectivity index (χ3v) is 6.39. The summed E-state index contributed by atoms with van der Waals surface area (Å²) in [5.74, 6) is -4.83. The summed E-state index contributed by atoms with van der Waals surface area (Å²) in [6.45, 7) is 5.14. The molecule has 2 aliphatic rings. The highest BCUT2D eigenvalue weighted by atomic mass is 19.4. The lowest BCUT2D eigenvalue weighted by Gasteiger charge is -2.32. The number of alkyl halides is 6. The molecule has 1 aromatic heterocycles. The molecule has 14 heteroatoms. The average molecular weight is 592 g/mol. The van der Waals surface area contributed by atoms with Crippen LogP contribution in [0.3, 0.4) is 0 Å². The van der Waals surface area contributed by atoms with Gasteiger partial charge in [-0.05, 0) is 56.8 Å². The lowest BCUT2D eigenvalue weighted by Crippen LogP contribution is -2.43. The number of aromatic amines is 1. The smallest absolute Gasteiger partial charge is 0.475 e. The maximum absolute atomic E-state index is 11.8. The van der Waals surface area contributed by atoms with Crippen LogP contribution in [0, 0.1) is 5.92 Å². The van der Waals surface area contributed by atoms with Gasteiger partial charge in [0.1, 0.15) is 0 Å². The number of likely N-dealkylation sites (tertiary alicyclic amines) is 1. The predicted molar refractivity (Wildman–Crippen MR) is 138 cm³/mol. The Morgan fingerprint density at radius 2 is 1.51 bits per heavy atom. The molecule has 1 aliphatic carbocycles. The number of carboxylic acid groups (broad SMARTS) is 2. The van der Waals surface area contributed by atoms with Crippen LogP contribution in [0.1, 0.15) is 37.3 Å². The number of halogens is 6. The van der Waals surface area contributed by atoms with Gasteiger partial charge in [-0.3, -0.25) is 9.69 Å². The number of carbonyl (C=O) groups is 2. The van der Waals surface area contributed by atoms with Crippen molar-refractivity contribution in [2.45, 2.75) is 57.2 Å². The zero-order valence-electron chi connectivity index (χ0n) is 22.0. The SMILES string of the molecule is C/C(=C\c1ccccc1)C1CC1NC1CCN(Cc2ccc[nH]c2=O)CC1.O=C(O)C(F)(F)F.O=C(O)C(F)(F)F. The summed E-state index contributed by atoms with van der Waals surface area (Å²) in [4.78, 5) is 34.8. The molecule has 4 rings (SSSR count). The second-order valence-electron chi connectivity index (χ2n) is 9.60. The van der Waals surface area contributed by atoms with Gasteiger partial charge in [0.25, 0.3) is 5.56 Å². The molecule has 8 nitrogen and oxygen atoms in total. The van der Waals surface area contributed by atoms with Gasteiger partial charge in [0, 0.05) is 30.4 Å². The number of hydrogen-bond donors (Lipinski definition) is 4. The first-order valence-electron chi connectivity index (χ1n) is 12.6. The fraction of sp³-hybridized carbons (Fsp3) is 0.444. The molecule has 1 aliphatic heterocycles. The fourth-order valence-corrected chi connectivity index (χ4v) is 4.18. The van der Waals surface area contributed by atoms with Gasteiger partial charge in [-0.2, -0.15) is 26.3 Å². The lowest BCUT2D eigenvalue weighted by molar-refractivity contribution is -0.193. The van der Waals surface area contributed by atoms with E-state index in [9.17, 15) is 31.1 Å². The van der Waals surface area contributed by atoms with Crippen LogP contribution in [0.15, 0.2) is 59.0 Å². The van der Waals surface area contributed by atoms with Crippen LogP contribution in [-0.2, 0) is 16.1 Å². The summed E-state index contributed by atoms with van der Waals surface area (Å²) in [5.41, 5.74) is 3.69. The number of aromatic nitrogens is 1. The summed E-state index contributed by atoms with van der Waals surface area (Å²) in [7, 11) is 0. The van der Waals surface area contributed by atoms with Gasteiger partial charge in [-0.25, -0.2) is 9.59 Å². The molecule has 1 aromatic carbocycles. The molecule has 2 unspecified atom stereocenters. The summed E-state index contributed by atoms with van der Waals surface area (Å²) in [6.07, 6.45) is -2.56. The van der Waals surface area contributed by atoms with E-state index in [0.717, 1.165) is 38.0 Å². The Kier molecular flexibility index (Phi) is 12.1. The van der Waals surface area contributed by atoms with Crippen LogP contribution in [0.5, 0.6) is 0 Å². The molecule has 4 N–H and O–H groups in total. The second-order valence-corrected chi connectivity index (χ2v) is 9.60. The molecule has 0 amide bonds. The maximum atomic E-state index is 11.8. The van der Waals surface area contributed by atoms with Crippen molar-refractivity contribution in [1.29, 1.82) is 0 Å². The van der Waals surface area contributed by atoms with Gasteiger partial charge in [-0.15, -0.1) is 0 Å². The molecule has 0 bridgehead atoms. The molecule has 0 radical (unpaired) electrons. The molecular weight excluding hydrogens is 560 g/mol. The van der Waals surface area contributed by atoms with Crippen molar-refractivity contribution in [3.8, 4) is 0 Å². The largest absolute Gasteiger partial charge is 0.490 e. The van der Waals surface area contributed by atoms with Gasteiger partial charge in [0.15, 0.2) is 0 Å². The summed E-state index contributed by atoms with van der Waals surface area (Å²) in [5, 5.41) is 18.1. The molecule has 2 fully saturated rings. The number of hydrogen-bond acceptors (Lipinski definition) is 5. The van der Waals surface area contributed by atoms with Crippen LogP contribution in [0.4, 0.5) is 26.3 Å². The van der Waals surface area contributed by atoms with Crippen molar-refractivity contribution in [2.24, 2.45) is 5.92 Å². The maximum Gasteiger partial charge on any atom is 0.490 e. The molecule has 41 heavy (non-hydrogen) atoms. The van der Waals surface area contributed by atoms with Crippen LogP contribution in [0.2, 0.25) is 0 Å². The zero-order valence-corrected chi connectivity index (χ0v) is 22.0. The lowest BCUT2D eigenvalue weighted by atomic mass is 10.0. The molecule has 1 saturated heterocycles. The van der Waals surface area contributed by atoms with Crippen LogP contribution in [-0.4, -0.2) is 69.6 Å². The molecular formula is C27H31F6N3O5. The van der Waals surface area contributed by atoms with E-state index in [0.29, 0.717) is 18.0 Å². The Labute approximate surface area is 231 Å². The number of H-pyrrole nitrogens is 1. The minimum atomic E-state index is -5.08. The van der Waals surface area contributed by atoms with E-state index in [-0.39, 0.29) is 5.56 Å². The number of benzene rings is 1. The molecule has 1 saturated carbocycles. The van der Waals surface area contributed by atoms with Gasteiger partial charge in [0.2, 0.25) is 0 Å². The molecule has 0 spiro atoms. The summed E-state index contributed by atoms with van der Waals surface area (Å²) in [6, 6.07) is 15.7. The third-order valence-electron chi connectivity index (χ3n) is 6.39. The molecule has 226 valence electrons. The highest BCUT2D eigenvalue weighted by Crippen LogP contribution is 2.38. The minimum Gasteiger partial charge on any atom is -0.475 e. The second kappa shape index (κ2) is 14.8. The van der Waals surface area contributed by atoms with Crippen molar-refractivity contribution >= 4 is 18.0 Å². The Morgan fingerprint density at radius 1 is 0.976 bits per heavy atom. The number of nitrogens with one attached hydrogen (secondary N) is 2. The Balaban J connectivity index is 0.000000349. The highest BCUT2D eigenvalue weighted by molar-refractivity contribution is 5.73. The normalized spacial score (nSPS) is 19.7. The van der Waals surface area contributed by atoms with E-state index in [1.54, 1.807) is 6.20 Å². The third kappa shape index (κ3) is 12.2. The highest BCUT2D eigenvalue weighted by Gasteiger charge is 2.40. The van der Waals surface area contributed by atoms with Crippen LogP contribution in [0.25, 0.3) is 6.08 Å². The summed E-state index contributed by atoms with van der Waals surface area (Å²) >= 11 is 0. The first-order valence-corrected chi connectivity index (χ1v) is 12.6. The number of carboxylic acids is 2. The van der Waals surface area contributed by atoms with Crippen LogP contribution >= 0.6 is 0 Å². The first-order chi connectivity index (χ1) is 19.1. The van der Waals surface area contributed by atoms with E-state index in [1.165, 1.54) is 17.6 Å². The van der Waals surface area contributed by atoms with Crippen molar-refractivity contribution in [2.75, 3.05) is 13.1 Å². The number of piperidine rings is 1. The predicted octanol–water partition coefficient (Wildman–Crippen LogP) is 4.69. The number of nitrogens with zero attached hydrogens (tertiary/aromatic N) is 1. The Bertz CT molecular complexity index is 1200. The molecule has 2 atom stereocenters. The molecule has 2 aromatic rings. The topological polar surface area (TPSA) is 123 Å². The van der Waals surface area contributed by atoms with Crippen molar-refractivity contribution in [1.82, 2.24) is 15.2 Å². The fourth-order valence-electron chi connectivity index (χ4n) is 4.18. The van der Waals surface area contributed by atoms with E-state index in [2.05, 4.69) is 58.5 Å². The monoisotopic (exact) mass is 591 g/mol. The summed E-state index contributed by atoms with van der Waals surface area (Å²) < 4.78 is 63.5. The van der Waals surface area contributed by atoms with Gasteiger partial charge in [-0.1, -0.05) is 48.0 Å². The van der Waals surface area contributed by atoms with E-state index < -0.39 is 24.3 Å². The average Bonchev–Trinajstić information content (AvgIpc) is 3.66. The standard InChI is InChI=1S/C23H29N3O.2C2HF3O2/c1-17(14-18-6-3-2-4-7-18)21-15-22(21)25-20-9-12-26(13-10-20)16-19-8-5-11-24-23(19)27;2*3-2(4,5)1(6)7/h2-8,11,14,20-22,25H,9-10,12-13,15-16H2,1H3,(H,24,27);2*(H,6,7)/b17-14+;;. The first kappa shape index (κ1) is 33.6. The quantitative estimate of drug-likeness (QED) is 0.360. The Morgan fingerprint density at radius 3 is 2.00 bits per heavy atom. The van der Waals surface area contributed by atoms with E-state index in [4.69, 9.17) is 19.8 Å². The van der Waals surface area contributed by atoms with Crippen LogP contribution < -0.4 is 10.9 Å². The Hall–Kier alpha value is -3.65. The number of pyridine rings is 1. The van der Waals surface area contributed by atoms with Gasteiger partial charge in [0.05, 0.1) is 0 Å². The van der Waals surface area contributed by atoms with E-state index in [1.807, 2.05) is 12.1 Å². The van der Waals surface area contributed by atoms with Gasteiger partial charge >= 0.3 is 24.3 Å².